The number of hydrogen-bond donors (Lipinski definition) is 1. The summed E-state index contributed by atoms with van der Waals surface area (Å²) in [7, 11) is -3.83. The van der Waals surface area contributed by atoms with Gasteiger partial charge in [0.25, 0.3) is 10.0 Å². The van der Waals surface area contributed by atoms with E-state index in [2.05, 4.69) is 0 Å². The van der Waals surface area contributed by atoms with E-state index in [4.69, 9.17) is 5.11 Å². The number of aromatic nitrogens is 1. The first kappa shape index (κ1) is 15.1. The van der Waals surface area contributed by atoms with Crippen LogP contribution in [0.5, 0.6) is 0 Å². The zero-order valence-electron chi connectivity index (χ0n) is 12.0. The molecule has 116 valence electrons. The second-order valence-electron chi connectivity index (χ2n) is 4.88. The third-order valence-electron chi connectivity index (χ3n) is 3.37. The van der Waals surface area contributed by atoms with E-state index in [0.29, 0.717) is 5.52 Å². The van der Waals surface area contributed by atoms with Crippen molar-refractivity contribution in [2.24, 2.45) is 0 Å². The van der Waals surface area contributed by atoms with Gasteiger partial charge in [-0.25, -0.2) is 17.2 Å². The summed E-state index contributed by atoms with van der Waals surface area (Å²) < 4.78 is 27.1. The largest absolute Gasteiger partial charge is 0.478 e. The van der Waals surface area contributed by atoms with Crippen LogP contribution >= 0.6 is 0 Å². The zero-order chi connectivity index (χ0) is 16.4. The molecule has 0 saturated heterocycles. The Labute approximate surface area is 133 Å². The van der Waals surface area contributed by atoms with Crippen molar-refractivity contribution in [3.63, 3.8) is 0 Å². The van der Waals surface area contributed by atoms with E-state index in [-0.39, 0.29) is 10.6 Å². The summed E-state index contributed by atoms with van der Waals surface area (Å²) in [5.41, 5.74) is 0.791. The molecule has 6 heteroatoms. The Bertz CT molecular complexity index is 1000. The van der Waals surface area contributed by atoms with Gasteiger partial charge in [0.1, 0.15) is 0 Å². The summed E-state index contributed by atoms with van der Waals surface area (Å²) >= 11 is 0. The quantitative estimate of drug-likeness (QED) is 0.747. The van der Waals surface area contributed by atoms with Crippen LogP contribution in [0.2, 0.25) is 0 Å². The monoisotopic (exact) mass is 327 g/mol. The predicted octanol–water partition coefficient (Wildman–Crippen LogP) is 2.98. The van der Waals surface area contributed by atoms with Crippen LogP contribution in [-0.4, -0.2) is 23.5 Å². The number of para-hydroxylation sites is 1. The molecule has 1 aromatic heterocycles. The van der Waals surface area contributed by atoms with Gasteiger partial charge in [-0.2, -0.15) is 0 Å². The third-order valence-corrected chi connectivity index (χ3v) is 5.13. The molecule has 0 radical (unpaired) electrons. The number of fused-ring (bicyclic) bond motifs is 1. The van der Waals surface area contributed by atoms with Crippen molar-refractivity contribution in [1.29, 1.82) is 0 Å². The Morgan fingerprint density at radius 2 is 1.65 bits per heavy atom. The van der Waals surface area contributed by atoms with Crippen LogP contribution in [0.3, 0.4) is 0 Å². The van der Waals surface area contributed by atoms with Gasteiger partial charge in [0, 0.05) is 11.5 Å². The number of carbonyl (C=O) groups is 1. The number of carboxylic acid groups (broad SMARTS) is 1. The fourth-order valence-electron chi connectivity index (χ4n) is 2.39. The van der Waals surface area contributed by atoms with Crippen LogP contribution in [-0.2, 0) is 14.8 Å². The summed E-state index contributed by atoms with van der Waals surface area (Å²) in [5, 5.41) is 9.53. The van der Waals surface area contributed by atoms with E-state index >= 15 is 0 Å². The minimum atomic E-state index is -3.83. The summed E-state index contributed by atoms with van der Waals surface area (Å²) in [6.07, 6.45) is 2.20. The lowest BCUT2D eigenvalue weighted by molar-refractivity contribution is -0.131. The van der Waals surface area contributed by atoms with E-state index in [1.807, 2.05) is 0 Å². The van der Waals surface area contributed by atoms with E-state index in [1.165, 1.54) is 18.2 Å². The number of aliphatic carboxylic acids is 1. The highest BCUT2D eigenvalue weighted by molar-refractivity contribution is 7.90. The van der Waals surface area contributed by atoms with Gasteiger partial charge in [0.2, 0.25) is 0 Å². The molecule has 0 spiro atoms. The van der Waals surface area contributed by atoms with Crippen molar-refractivity contribution in [2.75, 3.05) is 0 Å². The molecule has 23 heavy (non-hydrogen) atoms. The molecule has 0 aliphatic heterocycles. The van der Waals surface area contributed by atoms with E-state index in [0.717, 1.165) is 15.4 Å². The molecule has 0 aliphatic rings. The van der Waals surface area contributed by atoms with Crippen LogP contribution in [0.1, 0.15) is 5.69 Å². The summed E-state index contributed by atoms with van der Waals surface area (Å²) in [4.78, 5) is 10.9. The predicted molar refractivity (Wildman–Crippen MR) is 87.6 cm³/mol. The Kier molecular flexibility index (Phi) is 3.75. The summed E-state index contributed by atoms with van der Waals surface area (Å²) in [5.74, 6) is -1.14. The standard InChI is InChI=1S/C17H13NO4S/c19-17(20)11-10-14-12-13-6-4-5-9-16(13)18(14)23(21,22)15-7-2-1-3-8-15/h1-12H,(H,19,20). The lowest BCUT2D eigenvalue weighted by Crippen LogP contribution is -2.14. The number of nitrogens with zero attached hydrogens (tertiary/aromatic N) is 1. The van der Waals surface area contributed by atoms with Crippen molar-refractivity contribution in [2.45, 2.75) is 4.90 Å². The summed E-state index contributed by atoms with van der Waals surface area (Å²) in [6.45, 7) is 0. The van der Waals surface area contributed by atoms with Gasteiger partial charge in [-0.1, -0.05) is 36.4 Å². The number of carboxylic acids is 1. The molecule has 0 bridgehead atoms. The third kappa shape index (κ3) is 2.76. The Hall–Kier alpha value is -2.86. The maximum absolute atomic E-state index is 13.0. The van der Waals surface area contributed by atoms with Crippen LogP contribution in [0.25, 0.3) is 17.0 Å². The number of hydrogen-bond acceptors (Lipinski definition) is 3. The minimum absolute atomic E-state index is 0.145. The minimum Gasteiger partial charge on any atom is -0.478 e. The second kappa shape index (κ2) is 5.73. The molecule has 2 aromatic carbocycles. The smallest absolute Gasteiger partial charge is 0.328 e. The Morgan fingerprint density at radius 3 is 2.35 bits per heavy atom. The molecule has 5 nitrogen and oxygen atoms in total. The Morgan fingerprint density at radius 1 is 1.00 bits per heavy atom. The van der Waals surface area contributed by atoms with Crippen LogP contribution < -0.4 is 0 Å². The Balaban J connectivity index is 2.31. The average Bonchev–Trinajstić information content (AvgIpc) is 2.93. The molecule has 0 fully saturated rings. The molecule has 0 aliphatic carbocycles. The lowest BCUT2D eigenvalue weighted by atomic mass is 10.2. The molecule has 0 amide bonds. The van der Waals surface area contributed by atoms with Crippen molar-refractivity contribution in [1.82, 2.24) is 3.97 Å². The van der Waals surface area contributed by atoms with E-state index in [1.54, 1.807) is 48.5 Å². The maximum atomic E-state index is 13.0. The first-order chi connectivity index (χ1) is 11.0. The first-order valence-electron chi connectivity index (χ1n) is 6.82. The van der Waals surface area contributed by atoms with Crippen molar-refractivity contribution in [3.8, 4) is 0 Å². The highest BCUT2D eigenvalue weighted by atomic mass is 32.2. The highest BCUT2D eigenvalue weighted by Gasteiger charge is 2.21. The van der Waals surface area contributed by atoms with Crippen LogP contribution in [0, 0.1) is 0 Å². The lowest BCUT2D eigenvalue weighted by Gasteiger charge is -2.10. The van der Waals surface area contributed by atoms with Gasteiger partial charge in [0.15, 0.2) is 0 Å². The van der Waals surface area contributed by atoms with Gasteiger partial charge in [-0.3, -0.25) is 0 Å². The fraction of sp³-hybridized carbons (Fsp3) is 0. The van der Waals surface area contributed by atoms with Crippen LogP contribution in [0.15, 0.2) is 71.6 Å². The molecule has 1 heterocycles. The molecular formula is C17H13NO4S. The van der Waals surface area contributed by atoms with E-state index < -0.39 is 16.0 Å². The highest BCUT2D eigenvalue weighted by Crippen LogP contribution is 2.26. The van der Waals surface area contributed by atoms with Gasteiger partial charge < -0.3 is 5.11 Å². The molecule has 0 saturated carbocycles. The molecule has 1 N–H and O–H groups in total. The van der Waals surface area contributed by atoms with Gasteiger partial charge in [-0.05, 0) is 30.3 Å². The molecule has 3 rings (SSSR count). The molecule has 0 unspecified atom stereocenters. The summed E-state index contributed by atoms with van der Waals surface area (Å²) in [6, 6.07) is 16.7. The number of rotatable bonds is 4. The van der Waals surface area contributed by atoms with Gasteiger partial charge in [-0.15, -0.1) is 0 Å². The average molecular weight is 327 g/mol. The SMILES string of the molecule is O=C(O)C=Cc1cc2ccccc2n1S(=O)(=O)c1ccccc1. The van der Waals surface area contributed by atoms with Crippen molar-refractivity contribution in [3.05, 3.63) is 72.4 Å². The fourth-order valence-corrected chi connectivity index (χ4v) is 3.92. The van der Waals surface area contributed by atoms with E-state index in [9.17, 15) is 13.2 Å². The normalized spacial score (nSPS) is 12.0. The van der Waals surface area contributed by atoms with Crippen molar-refractivity contribution < 1.29 is 18.3 Å². The van der Waals surface area contributed by atoms with Crippen molar-refractivity contribution >= 4 is 33.0 Å². The second-order valence-corrected chi connectivity index (χ2v) is 6.67. The number of benzene rings is 2. The molecule has 3 aromatic rings. The molecular weight excluding hydrogens is 314 g/mol. The first-order valence-corrected chi connectivity index (χ1v) is 8.26. The maximum Gasteiger partial charge on any atom is 0.328 e. The van der Waals surface area contributed by atoms with Crippen LogP contribution in [0.4, 0.5) is 0 Å². The topological polar surface area (TPSA) is 76.4 Å². The zero-order valence-corrected chi connectivity index (χ0v) is 12.8. The van der Waals surface area contributed by atoms with Gasteiger partial charge >= 0.3 is 5.97 Å². The van der Waals surface area contributed by atoms with Gasteiger partial charge in [0.05, 0.1) is 16.1 Å². The molecule has 0 atom stereocenters.